The Kier molecular flexibility index (Phi) is 4.98. The molecule has 0 unspecified atom stereocenters. The minimum Gasteiger partial charge on any atom is -0.337 e. The van der Waals surface area contributed by atoms with Crippen LogP contribution in [-0.2, 0) is 10.0 Å². The monoisotopic (exact) mass is 407 g/mol. The number of rotatable bonds is 6. The summed E-state index contributed by atoms with van der Waals surface area (Å²) in [5.41, 5.74) is 4.40. The summed E-state index contributed by atoms with van der Waals surface area (Å²) in [7, 11) is -3.84. The van der Waals surface area contributed by atoms with Gasteiger partial charge in [0, 0.05) is 5.69 Å². The van der Waals surface area contributed by atoms with Gasteiger partial charge < -0.3 is 5.32 Å². The first-order valence-corrected chi connectivity index (χ1v) is 10.2. The zero-order valence-electron chi connectivity index (χ0n) is 15.1. The van der Waals surface area contributed by atoms with Crippen LogP contribution in [-0.4, -0.2) is 23.6 Å². The molecular weight excluding hydrogens is 390 g/mol. The first-order valence-electron chi connectivity index (χ1n) is 8.67. The third kappa shape index (κ3) is 4.10. The molecule has 8 nitrogen and oxygen atoms in total. The molecule has 0 aliphatic heterocycles. The molecule has 9 heteroatoms. The lowest BCUT2D eigenvalue weighted by Gasteiger charge is -2.14. The molecule has 3 aromatic carbocycles. The third-order valence-corrected chi connectivity index (χ3v) is 5.49. The Morgan fingerprint density at radius 3 is 1.86 bits per heavy atom. The lowest BCUT2D eigenvalue weighted by Crippen LogP contribution is -2.16. The maximum atomic E-state index is 12.8. The summed E-state index contributed by atoms with van der Waals surface area (Å²) >= 11 is 0. The molecule has 0 fully saturated rings. The van der Waals surface area contributed by atoms with Gasteiger partial charge in [0.15, 0.2) is 11.6 Å². The highest BCUT2D eigenvalue weighted by Crippen LogP contribution is 2.27. The summed E-state index contributed by atoms with van der Waals surface area (Å²) in [4.78, 5) is 9.10. The number of hydrogen-bond acceptors (Lipinski definition) is 7. The quantitative estimate of drug-likeness (QED) is 0.357. The number of nitrogens with zero attached hydrogens (tertiary/aromatic N) is 2. The summed E-state index contributed by atoms with van der Waals surface area (Å²) in [6.07, 6.45) is 0. The van der Waals surface area contributed by atoms with E-state index < -0.39 is 10.0 Å². The molecule has 0 radical (unpaired) electrons. The van der Waals surface area contributed by atoms with E-state index in [2.05, 4.69) is 25.5 Å². The van der Waals surface area contributed by atoms with Crippen LogP contribution in [0.2, 0.25) is 0 Å². The fraction of sp³-hybridized carbons (Fsp3) is 0. The molecule has 0 aliphatic carbocycles. The number of anilines is 4. The molecule has 146 valence electrons. The number of sulfonamides is 1. The van der Waals surface area contributed by atoms with Crippen molar-refractivity contribution in [1.82, 2.24) is 9.97 Å². The fourth-order valence-corrected chi connectivity index (χ4v) is 3.74. The largest absolute Gasteiger partial charge is 0.337 e. The first-order chi connectivity index (χ1) is 14.0. The Hall–Kier alpha value is -3.69. The van der Waals surface area contributed by atoms with Crippen molar-refractivity contribution in [2.75, 3.05) is 15.5 Å². The molecule has 29 heavy (non-hydrogen) atoms. The van der Waals surface area contributed by atoms with Gasteiger partial charge >= 0.3 is 0 Å². The number of para-hydroxylation sites is 2. The molecular formula is C20H17N5O3S. The van der Waals surface area contributed by atoms with Crippen molar-refractivity contribution in [3.05, 3.63) is 78.9 Å². The SMILES string of the molecule is O=S(=O)(Nc1nc2ccccc2nc1Nc1ccc(NO)cc1)c1ccccc1. The number of fused-ring (bicyclic) bond motifs is 1. The second-order valence-electron chi connectivity index (χ2n) is 6.14. The number of nitrogens with one attached hydrogen (secondary N) is 3. The number of benzene rings is 3. The molecule has 1 aromatic heterocycles. The maximum absolute atomic E-state index is 12.8. The Morgan fingerprint density at radius 2 is 1.24 bits per heavy atom. The Balaban J connectivity index is 1.75. The molecule has 0 bridgehead atoms. The van der Waals surface area contributed by atoms with Gasteiger partial charge in [-0.2, -0.15) is 0 Å². The lowest BCUT2D eigenvalue weighted by molar-refractivity contribution is 0.389. The van der Waals surface area contributed by atoms with Gasteiger partial charge in [0.2, 0.25) is 0 Å². The topological polar surface area (TPSA) is 116 Å². The minimum absolute atomic E-state index is 0.0805. The van der Waals surface area contributed by atoms with Crippen LogP contribution in [0.1, 0.15) is 0 Å². The van der Waals surface area contributed by atoms with Gasteiger partial charge in [-0.25, -0.2) is 18.4 Å². The van der Waals surface area contributed by atoms with Crippen LogP contribution in [0, 0.1) is 0 Å². The van der Waals surface area contributed by atoms with Gasteiger partial charge in [0.25, 0.3) is 10.0 Å². The van der Waals surface area contributed by atoms with Crippen molar-refractivity contribution in [2.24, 2.45) is 0 Å². The lowest BCUT2D eigenvalue weighted by atomic mass is 10.3. The van der Waals surface area contributed by atoms with Gasteiger partial charge in [-0.3, -0.25) is 15.4 Å². The van der Waals surface area contributed by atoms with Crippen LogP contribution in [0.15, 0.2) is 83.8 Å². The molecule has 0 spiro atoms. The predicted molar refractivity (Wildman–Crippen MR) is 112 cm³/mol. The van der Waals surface area contributed by atoms with Crippen LogP contribution in [0.3, 0.4) is 0 Å². The third-order valence-electron chi connectivity index (χ3n) is 4.13. The van der Waals surface area contributed by atoms with Crippen LogP contribution < -0.4 is 15.5 Å². The average molecular weight is 407 g/mol. The normalized spacial score (nSPS) is 11.2. The van der Waals surface area contributed by atoms with Crippen LogP contribution in [0.5, 0.6) is 0 Å². The van der Waals surface area contributed by atoms with E-state index >= 15 is 0 Å². The summed E-state index contributed by atoms with van der Waals surface area (Å²) in [6.45, 7) is 0. The molecule has 1 heterocycles. The zero-order chi connectivity index (χ0) is 20.3. The Labute approximate surface area is 167 Å². The van der Waals surface area contributed by atoms with E-state index in [1.165, 1.54) is 12.1 Å². The molecule has 0 aliphatic rings. The van der Waals surface area contributed by atoms with Crippen molar-refractivity contribution in [3.8, 4) is 0 Å². The highest BCUT2D eigenvalue weighted by atomic mass is 32.2. The van der Waals surface area contributed by atoms with Gasteiger partial charge in [-0.1, -0.05) is 30.3 Å². The van der Waals surface area contributed by atoms with Crippen molar-refractivity contribution < 1.29 is 13.6 Å². The predicted octanol–water partition coefficient (Wildman–Crippen LogP) is 3.98. The highest BCUT2D eigenvalue weighted by molar-refractivity contribution is 7.92. The standard InChI is InChI=1S/C20H17N5O3S/c26-24-15-12-10-14(11-13-15)21-19-20(23-18-9-5-4-8-17(18)22-19)25-29(27,28)16-6-2-1-3-7-16/h1-13,24,26H,(H,21,22)(H,23,25). The van der Waals surface area contributed by atoms with Crippen molar-refractivity contribution in [1.29, 1.82) is 0 Å². The molecule has 4 aromatic rings. The van der Waals surface area contributed by atoms with E-state index in [1.54, 1.807) is 60.7 Å². The summed E-state index contributed by atoms with van der Waals surface area (Å²) < 4.78 is 28.1. The second-order valence-corrected chi connectivity index (χ2v) is 7.82. The molecule has 4 rings (SSSR count). The molecule has 0 atom stereocenters. The first kappa shape index (κ1) is 18.7. The van der Waals surface area contributed by atoms with Crippen LogP contribution >= 0.6 is 0 Å². The van der Waals surface area contributed by atoms with Gasteiger partial charge in [-0.15, -0.1) is 0 Å². The minimum atomic E-state index is -3.84. The van der Waals surface area contributed by atoms with Crippen molar-refractivity contribution in [3.63, 3.8) is 0 Å². The number of hydrogen-bond donors (Lipinski definition) is 4. The summed E-state index contributed by atoms with van der Waals surface area (Å²) in [5, 5.41) is 12.0. The van der Waals surface area contributed by atoms with Crippen molar-refractivity contribution in [2.45, 2.75) is 4.90 Å². The molecule has 0 saturated carbocycles. The second kappa shape index (κ2) is 7.74. The summed E-state index contributed by atoms with van der Waals surface area (Å²) in [6, 6.07) is 22.0. The zero-order valence-corrected chi connectivity index (χ0v) is 15.9. The number of aromatic nitrogens is 2. The van der Waals surface area contributed by atoms with Crippen LogP contribution in [0.25, 0.3) is 11.0 Å². The average Bonchev–Trinajstić information content (AvgIpc) is 2.75. The van der Waals surface area contributed by atoms with Crippen LogP contribution in [0.4, 0.5) is 23.0 Å². The molecule has 4 N–H and O–H groups in total. The fourth-order valence-electron chi connectivity index (χ4n) is 2.71. The van der Waals surface area contributed by atoms with E-state index in [1.807, 2.05) is 6.07 Å². The van der Waals surface area contributed by atoms with Gasteiger partial charge in [0.1, 0.15) is 0 Å². The van der Waals surface area contributed by atoms with Gasteiger partial charge in [-0.05, 0) is 48.5 Å². The summed E-state index contributed by atoms with van der Waals surface area (Å²) in [5.74, 6) is 0.338. The van der Waals surface area contributed by atoms with E-state index in [9.17, 15) is 8.42 Å². The van der Waals surface area contributed by atoms with E-state index in [0.29, 0.717) is 22.4 Å². The van der Waals surface area contributed by atoms with Crippen molar-refractivity contribution >= 4 is 44.1 Å². The van der Waals surface area contributed by atoms with E-state index in [0.717, 1.165) is 0 Å². The molecule has 0 amide bonds. The van der Waals surface area contributed by atoms with E-state index in [-0.39, 0.29) is 16.5 Å². The van der Waals surface area contributed by atoms with Gasteiger partial charge in [0.05, 0.1) is 21.6 Å². The highest BCUT2D eigenvalue weighted by Gasteiger charge is 2.18. The smallest absolute Gasteiger partial charge is 0.263 e. The maximum Gasteiger partial charge on any atom is 0.263 e. The van der Waals surface area contributed by atoms with E-state index in [4.69, 9.17) is 5.21 Å². The molecule has 0 saturated heterocycles. The Bertz CT molecular complexity index is 1250. The Morgan fingerprint density at radius 1 is 0.690 bits per heavy atom.